The molecule has 0 aliphatic carbocycles. The van der Waals surface area contributed by atoms with Gasteiger partial charge in [-0.1, -0.05) is 50.2 Å². The maximum Gasteiger partial charge on any atom is 0.318 e. The minimum atomic E-state index is -0.318. The number of aromatic nitrogens is 2. The van der Waals surface area contributed by atoms with Crippen LogP contribution in [0.3, 0.4) is 0 Å². The van der Waals surface area contributed by atoms with E-state index in [0.29, 0.717) is 24.8 Å². The van der Waals surface area contributed by atoms with Crippen molar-refractivity contribution in [2.24, 2.45) is 0 Å². The lowest BCUT2D eigenvalue weighted by atomic mass is 9.96. The van der Waals surface area contributed by atoms with Crippen LogP contribution in [0.4, 0.5) is 4.79 Å². The smallest absolute Gasteiger partial charge is 0.318 e. The van der Waals surface area contributed by atoms with E-state index in [-0.39, 0.29) is 17.5 Å². The molecule has 0 fully saturated rings. The molecule has 2 heterocycles. The van der Waals surface area contributed by atoms with Crippen LogP contribution in [-0.2, 0) is 18.3 Å². The van der Waals surface area contributed by atoms with Gasteiger partial charge < -0.3 is 14.7 Å². The number of fused-ring (bicyclic) bond motifs is 1. The van der Waals surface area contributed by atoms with Gasteiger partial charge in [0.05, 0.1) is 0 Å². The van der Waals surface area contributed by atoms with Crippen molar-refractivity contribution in [1.29, 1.82) is 0 Å². The van der Waals surface area contributed by atoms with Crippen molar-refractivity contribution in [3.05, 3.63) is 47.1 Å². The van der Waals surface area contributed by atoms with Crippen LogP contribution in [0, 0.1) is 0 Å². The average Bonchev–Trinajstić information content (AvgIpc) is 2.97. The highest BCUT2D eigenvalue weighted by molar-refractivity contribution is 5.74. The summed E-state index contributed by atoms with van der Waals surface area (Å²) in [5.41, 5.74) is 2.48. The number of rotatable bonds is 2. The van der Waals surface area contributed by atoms with Gasteiger partial charge in [-0.3, -0.25) is 0 Å². The van der Waals surface area contributed by atoms with Crippen LogP contribution in [0.1, 0.15) is 56.6 Å². The van der Waals surface area contributed by atoms with Gasteiger partial charge >= 0.3 is 6.03 Å². The zero-order chi connectivity index (χ0) is 18.0. The molecule has 134 valence electrons. The predicted molar refractivity (Wildman–Crippen MR) is 95.4 cm³/mol. The Morgan fingerprint density at radius 3 is 2.32 bits per heavy atom. The number of amides is 2. The Morgan fingerprint density at radius 1 is 1.20 bits per heavy atom. The first-order valence-electron chi connectivity index (χ1n) is 8.81. The quantitative estimate of drug-likeness (QED) is 0.909. The van der Waals surface area contributed by atoms with Gasteiger partial charge in [-0.2, -0.15) is 4.98 Å². The number of nitrogens with one attached hydrogen (secondary N) is 1. The van der Waals surface area contributed by atoms with E-state index in [1.54, 1.807) is 0 Å². The Kier molecular flexibility index (Phi) is 4.79. The summed E-state index contributed by atoms with van der Waals surface area (Å²) < 4.78 is 5.32. The minimum absolute atomic E-state index is 0.0872. The highest BCUT2D eigenvalue weighted by Crippen LogP contribution is 2.21. The van der Waals surface area contributed by atoms with Gasteiger partial charge in [0, 0.05) is 18.5 Å². The molecule has 1 aliphatic rings. The molecule has 1 aromatic heterocycles. The van der Waals surface area contributed by atoms with Gasteiger partial charge in [0.1, 0.15) is 6.04 Å². The summed E-state index contributed by atoms with van der Waals surface area (Å²) in [6.07, 6.45) is 1.76. The van der Waals surface area contributed by atoms with Crippen molar-refractivity contribution < 1.29 is 9.32 Å². The molecule has 1 aromatic carbocycles. The van der Waals surface area contributed by atoms with Gasteiger partial charge in [-0.25, -0.2) is 4.79 Å². The summed E-state index contributed by atoms with van der Waals surface area (Å²) >= 11 is 0. The number of hydrogen-bond acceptors (Lipinski definition) is 4. The fourth-order valence-electron chi connectivity index (χ4n) is 2.92. The molecule has 0 bridgehead atoms. The number of nitrogens with zero attached hydrogens (tertiary/aromatic N) is 3. The Balaban J connectivity index is 1.61. The van der Waals surface area contributed by atoms with Gasteiger partial charge in [0.2, 0.25) is 5.89 Å². The zero-order valence-electron chi connectivity index (χ0n) is 15.4. The van der Waals surface area contributed by atoms with Crippen molar-refractivity contribution >= 4 is 6.03 Å². The van der Waals surface area contributed by atoms with Crippen LogP contribution in [0.25, 0.3) is 0 Å². The third-order valence-electron chi connectivity index (χ3n) is 4.53. The van der Waals surface area contributed by atoms with E-state index >= 15 is 0 Å². The molecule has 6 heteroatoms. The summed E-state index contributed by atoms with van der Waals surface area (Å²) in [5, 5.41) is 7.00. The molecule has 1 aliphatic heterocycles. The molecule has 1 N–H and O–H groups in total. The van der Waals surface area contributed by atoms with Crippen LogP contribution in [0.2, 0.25) is 0 Å². The minimum Gasteiger partial charge on any atom is -0.337 e. The molecule has 0 saturated carbocycles. The summed E-state index contributed by atoms with van der Waals surface area (Å²) in [7, 11) is 0. The Labute approximate surface area is 148 Å². The van der Waals surface area contributed by atoms with Gasteiger partial charge in [0.15, 0.2) is 5.82 Å². The molecule has 1 atom stereocenters. The van der Waals surface area contributed by atoms with Gasteiger partial charge in [-0.05, 0) is 30.9 Å². The average molecular weight is 342 g/mol. The Bertz CT molecular complexity index is 721. The maximum absolute atomic E-state index is 12.6. The van der Waals surface area contributed by atoms with Gasteiger partial charge in [-0.15, -0.1) is 0 Å². The zero-order valence-corrected chi connectivity index (χ0v) is 15.4. The summed E-state index contributed by atoms with van der Waals surface area (Å²) in [4.78, 5) is 18.9. The van der Waals surface area contributed by atoms with E-state index < -0.39 is 0 Å². The molecular formula is C19H26N4O2. The number of carbonyl (C=O) groups excluding carboxylic acids is 1. The number of urea groups is 1. The lowest BCUT2D eigenvalue weighted by Crippen LogP contribution is -2.42. The summed E-state index contributed by atoms with van der Waals surface area (Å²) in [6, 6.07) is 7.99. The highest BCUT2D eigenvalue weighted by atomic mass is 16.5. The molecule has 3 rings (SSSR count). The lowest BCUT2D eigenvalue weighted by molar-refractivity contribution is 0.194. The maximum atomic E-state index is 12.6. The van der Waals surface area contributed by atoms with Crippen LogP contribution in [0.15, 0.2) is 28.8 Å². The largest absolute Gasteiger partial charge is 0.337 e. The number of benzene rings is 1. The lowest BCUT2D eigenvalue weighted by Gasteiger charge is -2.22. The molecule has 2 aromatic rings. The standard InChI is InChI=1S/C19H26N4O2/c1-13(16-21-17(22-25-16)19(2,3)4)20-18(24)23-11-9-14-7-5-6-8-15(14)10-12-23/h5-8,13H,9-12H2,1-4H3,(H,20,24)/t13-/m0/s1. The summed E-state index contributed by atoms with van der Waals surface area (Å²) in [5.74, 6) is 1.09. The monoisotopic (exact) mass is 342 g/mol. The van der Waals surface area contributed by atoms with Gasteiger partial charge in [0.25, 0.3) is 0 Å². The van der Waals surface area contributed by atoms with Crippen molar-refractivity contribution in [3.8, 4) is 0 Å². The first-order chi connectivity index (χ1) is 11.8. The second-order valence-electron chi connectivity index (χ2n) is 7.63. The van der Waals surface area contributed by atoms with E-state index in [9.17, 15) is 4.79 Å². The Hall–Kier alpha value is -2.37. The van der Waals surface area contributed by atoms with Crippen molar-refractivity contribution in [2.45, 2.75) is 52.0 Å². The fraction of sp³-hybridized carbons (Fsp3) is 0.526. The van der Waals surface area contributed by atoms with Crippen LogP contribution in [-0.4, -0.2) is 34.2 Å². The SMILES string of the molecule is C[C@H](NC(=O)N1CCc2ccccc2CC1)c1nc(C(C)(C)C)no1. The number of carbonyl (C=O) groups is 1. The van der Waals surface area contributed by atoms with Crippen LogP contribution < -0.4 is 5.32 Å². The number of hydrogen-bond donors (Lipinski definition) is 1. The molecular weight excluding hydrogens is 316 g/mol. The van der Waals surface area contributed by atoms with E-state index in [2.05, 4.69) is 39.7 Å². The second-order valence-corrected chi connectivity index (χ2v) is 7.63. The van der Waals surface area contributed by atoms with E-state index in [1.807, 2.05) is 32.6 Å². The first kappa shape index (κ1) is 17.5. The predicted octanol–water partition coefficient (Wildman–Crippen LogP) is 3.24. The molecule has 0 radical (unpaired) electrons. The topological polar surface area (TPSA) is 71.3 Å². The van der Waals surface area contributed by atoms with Crippen molar-refractivity contribution in [3.63, 3.8) is 0 Å². The summed E-state index contributed by atoms with van der Waals surface area (Å²) in [6.45, 7) is 9.38. The van der Waals surface area contributed by atoms with Crippen LogP contribution in [0.5, 0.6) is 0 Å². The fourth-order valence-corrected chi connectivity index (χ4v) is 2.92. The van der Waals surface area contributed by atoms with Crippen molar-refractivity contribution in [1.82, 2.24) is 20.4 Å². The molecule has 0 spiro atoms. The normalized spacial score (nSPS) is 16.1. The molecule has 25 heavy (non-hydrogen) atoms. The van der Waals surface area contributed by atoms with Crippen molar-refractivity contribution in [2.75, 3.05) is 13.1 Å². The van der Waals surface area contributed by atoms with Crippen LogP contribution >= 0.6 is 0 Å². The molecule has 6 nitrogen and oxygen atoms in total. The third-order valence-corrected chi connectivity index (χ3v) is 4.53. The Morgan fingerprint density at radius 2 is 1.80 bits per heavy atom. The molecule has 0 unspecified atom stereocenters. The van der Waals surface area contributed by atoms with E-state index in [1.165, 1.54) is 11.1 Å². The third kappa shape index (κ3) is 4.00. The van der Waals surface area contributed by atoms with E-state index in [0.717, 1.165) is 12.8 Å². The molecule has 2 amide bonds. The molecule has 0 saturated heterocycles. The highest BCUT2D eigenvalue weighted by Gasteiger charge is 2.25. The first-order valence-corrected chi connectivity index (χ1v) is 8.81. The van der Waals surface area contributed by atoms with E-state index in [4.69, 9.17) is 4.52 Å². The second kappa shape index (κ2) is 6.86.